The molecule has 0 saturated heterocycles. The molecule has 62 valence electrons. The minimum absolute atomic E-state index is 0.0648. The Labute approximate surface area is 60.8 Å². The van der Waals surface area contributed by atoms with E-state index in [-0.39, 0.29) is 12.9 Å². The van der Waals surface area contributed by atoms with Crippen LogP contribution < -0.4 is 0 Å². The zero-order chi connectivity index (χ0) is 8.41. The van der Waals surface area contributed by atoms with E-state index < -0.39 is 0 Å². The predicted octanol–water partition coefficient (Wildman–Crippen LogP) is -0.197. The number of aliphatic hydroxyl groups excluding tert-OH is 1. The summed E-state index contributed by atoms with van der Waals surface area (Å²) in [7, 11) is 3.21. The van der Waals surface area contributed by atoms with Gasteiger partial charge in [-0.25, -0.2) is 0 Å². The molecule has 4 heteroatoms. The normalized spacial score (nSPS) is 8.50. The summed E-state index contributed by atoms with van der Waals surface area (Å²) in [6.45, 7) is 1.47. The zero-order valence-electron chi connectivity index (χ0n) is 6.53. The fraction of sp³-hybridized carbons (Fsp3) is 0.833. The van der Waals surface area contributed by atoms with Crippen LogP contribution in [-0.4, -0.2) is 38.5 Å². The molecule has 0 aromatic heterocycles. The van der Waals surface area contributed by atoms with Gasteiger partial charge in [0.25, 0.3) is 0 Å². The molecular formula is C6H14O4. The molecule has 0 spiro atoms. The molecule has 0 radical (unpaired) electrons. The third kappa shape index (κ3) is 15.6. The molecular weight excluding hydrogens is 136 g/mol. The van der Waals surface area contributed by atoms with E-state index in [9.17, 15) is 0 Å². The van der Waals surface area contributed by atoms with Crippen LogP contribution in [0.15, 0.2) is 0 Å². The van der Waals surface area contributed by atoms with Gasteiger partial charge in [0.2, 0.25) is 0 Å². The first-order valence-electron chi connectivity index (χ1n) is 2.83. The quantitative estimate of drug-likeness (QED) is 0.447. The lowest BCUT2D eigenvalue weighted by atomic mass is 10.8. The van der Waals surface area contributed by atoms with Crippen molar-refractivity contribution in [3.05, 3.63) is 0 Å². The van der Waals surface area contributed by atoms with Gasteiger partial charge in [-0.1, -0.05) is 0 Å². The summed E-state index contributed by atoms with van der Waals surface area (Å²) in [5.41, 5.74) is 0. The molecule has 0 fully saturated rings. The summed E-state index contributed by atoms with van der Waals surface area (Å²) < 4.78 is 9.35. The molecule has 0 amide bonds. The lowest BCUT2D eigenvalue weighted by Crippen LogP contribution is -2.05. The molecule has 0 aliphatic rings. The average Bonchev–Trinajstić information content (AvgIpc) is 2.03. The van der Waals surface area contributed by atoms with Crippen molar-refractivity contribution in [3.8, 4) is 0 Å². The fourth-order valence-electron chi connectivity index (χ4n) is 0.0962. The third-order valence-electron chi connectivity index (χ3n) is 0.738. The van der Waals surface area contributed by atoms with Gasteiger partial charge in [-0.15, -0.1) is 0 Å². The number of methoxy groups -OCH3 is 2. The Bertz CT molecular complexity index is 60.8. The van der Waals surface area contributed by atoms with Crippen LogP contribution in [0.4, 0.5) is 0 Å². The number of carbonyl (C=O) groups excluding carboxylic acids is 1. The van der Waals surface area contributed by atoms with Gasteiger partial charge in [-0.3, -0.25) is 0 Å². The Balaban J connectivity index is 0. The number of rotatable bonds is 3. The maximum atomic E-state index is 8.92. The van der Waals surface area contributed by atoms with E-state index in [0.717, 1.165) is 0 Å². The van der Waals surface area contributed by atoms with Gasteiger partial charge in [-0.2, -0.15) is 0 Å². The fourth-order valence-corrected chi connectivity index (χ4v) is 0.0962. The molecule has 0 aromatic rings. The molecule has 0 atom stereocenters. The Morgan fingerprint density at radius 1 is 1.50 bits per heavy atom. The van der Waals surface area contributed by atoms with E-state index in [4.69, 9.17) is 9.90 Å². The largest absolute Gasteiger partial charge is 0.389 e. The zero-order valence-corrected chi connectivity index (χ0v) is 6.53. The summed E-state index contributed by atoms with van der Waals surface area (Å²) in [4.78, 5) is 8.92. The average molecular weight is 150 g/mol. The molecule has 0 aliphatic carbocycles. The maximum absolute atomic E-state index is 8.92. The molecule has 0 heterocycles. The van der Waals surface area contributed by atoms with Crippen molar-refractivity contribution in [1.82, 2.24) is 0 Å². The van der Waals surface area contributed by atoms with Gasteiger partial charge in [0.05, 0.1) is 6.61 Å². The van der Waals surface area contributed by atoms with Crippen molar-refractivity contribution in [1.29, 1.82) is 0 Å². The first kappa shape index (κ1) is 12.2. The topological polar surface area (TPSA) is 55.8 Å². The highest BCUT2D eigenvalue weighted by molar-refractivity contribution is 5.49. The molecule has 0 aliphatic heterocycles. The van der Waals surface area contributed by atoms with Crippen molar-refractivity contribution >= 4 is 6.29 Å². The van der Waals surface area contributed by atoms with Crippen LogP contribution in [-0.2, 0) is 14.3 Å². The molecule has 0 bridgehead atoms. The van der Waals surface area contributed by atoms with E-state index in [1.807, 2.05) is 6.92 Å². The van der Waals surface area contributed by atoms with Gasteiger partial charge in [-0.05, 0) is 6.92 Å². The van der Waals surface area contributed by atoms with Crippen molar-refractivity contribution in [3.63, 3.8) is 0 Å². The molecule has 0 aromatic carbocycles. The minimum atomic E-state index is -0.361. The predicted molar refractivity (Wildman–Crippen MR) is 36.6 cm³/mol. The van der Waals surface area contributed by atoms with Crippen molar-refractivity contribution < 1.29 is 19.4 Å². The second-order valence-corrected chi connectivity index (χ2v) is 1.39. The standard InChI is InChI=1S/C4H10O2.C2H4O2/c1-4(5-2)6-3;3-1-2-4/h4H,1-3H3;1,4H,2H2. The Hall–Kier alpha value is -0.450. The summed E-state index contributed by atoms with van der Waals surface area (Å²) in [5, 5.41) is 7.51. The second kappa shape index (κ2) is 11.4. The highest BCUT2D eigenvalue weighted by Crippen LogP contribution is 1.82. The smallest absolute Gasteiger partial charge is 0.154 e. The van der Waals surface area contributed by atoms with Crippen LogP contribution >= 0.6 is 0 Å². The molecule has 0 rings (SSSR count). The Kier molecular flexibility index (Phi) is 13.9. The van der Waals surface area contributed by atoms with Crippen LogP contribution in [0.3, 0.4) is 0 Å². The number of aldehydes is 1. The number of aliphatic hydroxyl groups is 1. The van der Waals surface area contributed by atoms with E-state index >= 15 is 0 Å². The van der Waals surface area contributed by atoms with Crippen LogP contribution in [0, 0.1) is 0 Å². The summed E-state index contributed by atoms with van der Waals surface area (Å²) >= 11 is 0. The Morgan fingerprint density at radius 2 is 1.80 bits per heavy atom. The maximum Gasteiger partial charge on any atom is 0.154 e. The first-order valence-corrected chi connectivity index (χ1v) is 2.83. The van der Waals surface area contributed by atoms with Gasteiger partial charge in [0, 0.05) is 14.2 Å². The lowest BCUT2D eigenvalue weighted by Gasteiger charge is -2.03. The highest BCUT2D eigenvalue weighted by Gasteiger charge is 1.87. The molecule has 1 N–H and O–H groups in total. The van der Waals surface area contributed by atoms with Crippen molar-refractivity contribution in [2.45, 2.75) is 13.2 Å². The summed E-state index contributed by atoms with van der Waals surface area (Å²) in [6.07, 6.45) is 0.366. The molecule has 0 unspecified atom stereocenters. The van der Waals surface area contributed by atoms with E-state index in [1.165, 1.54) is 0 Å². The van der Waals surface area contributed by atoms with Gasteiger partial charge >= 0.3 is 0 Å². The van der Waals surface area contributed by atoms with E-state index in [2.05, 4.69) is 9.47 Å². The lowest BCUT2D eigenvalue weighted by molar-refractivity contribution is -0.110. The van der Waals surface area contributed by atoms with Crippen LogP contribution in [0.1, 0.15) is 6.92 Å². The van der Waals surface area contributed by atoms with Crippen LogP contribution in [0.5, 0.6) is 0 Å². The monoisotopic (exact) mass is 150 g/mol. The summed E-state index contributed by atoms with van der Waals surface area (Å²) in [6, 6.07) is 0. The Morgan fingerprint density at radius 3 is 1.80 bits per heavy atom. The minimum Gasteiger partial charge on any atom is -0.389 e. The van der Waals surface area contributed by atoms with Gasteiger partial charge in [0.1, 0.15) is 6.29 Å². The van der Waals surface area contributed by atoms with Crippen molar-refractivity contribution in [2.75, 3.05) is 20.8 Å². The second-order valence-electron chi connectivity index (χ2n) is 1.39. The molecule has 0 saturated carbocycles. The SMILES string of the molecule is COC(C)OC.O=CCO. The van der Waals surface area contributed by atoms with Gasteiger partial charge < -0.3 is 19.4 Å². The summed E-state index contributed by atoms with van der Waals surface area (Å²) in [5.74, 6) is 0. The third-order valence-corrected chi connectivity index (χ3v) is 0.738. The van der Waals surface area contributed by atoms with E-state index in [0.29, 0.717) is 6.29 Å². The van der Waals surface area contributed by atoms with Crippen LogP contribution in [0.2, 0.25) is 0 Å². The van der Waals surface area contributed by atoms with Crippen LogP contribution in [0.25, 0.3) is 0 Å². The van der Waals surface area contributed by atoms with Crippen molar-refractivity contribution in [2.24, 2.45) is 0 Å². The molecule has 10 heavy (non-hydrogen) atoms. The van der Waals surface area contributed by atoms with E-state index in [1.54, 1.807) is 14.2 Å². The number of hydrogen-bond acceptors (Lipinski definition) is 4. The number of hydrogen-bond donors (Lipinski definition) is 1. The number of ether oxygens (including phenoxy) is 2. The first-order chi connectivity index (χ1) is 4.72. The molecule has 4 nitrogen and oxygen atoms in total. The highest BCUT2D eigenvalue weighted by atomic mass is 16.7. The van der Waals surface area contributed by atoms with Gasteiger partial charge in [0.15, 0.2) is 6.29 Å². The number of carbonyl (C=O) groups is 1.